The summed E-state index contributed by atoms with van der Waals surface area (Å²) in [7, 11) is 0. The summed E-state index contributed by atoms with van der Waals surface area (Å²) < 4.78 is 0. The lowest BCUT2D eigenvalue weighted by atomic mass is 10.1. The molecule has 2 fully saturated rings. The fourth-order valence-electron chi connectivity index (χ4n) is 4.46. The van der Waals surface area contributed by atoms with E-state index in [1.54, 1.807) is 6.20 Å². The molecule has 0 atom stereocenters. The van der Waals surface area contributed by atoms with Gasteiger partial charge in [-0.3, -0.25) is 9.78 Å². The summed E-state index contributed by atoms with van der Waals surface area (Å²) in [6, 6.07) is 15.9. The van der Waals surface area contributed by atoms with E-state index in [4.69, 9.17) is 0 Å². The maximum absolute atomic E-state index is 12.6. The zero-order chi connectivity index (χ0) is 21.9. The zero-order valence-electron chi connectivity index (χ0n) is 18.0. The van der Waals surface area contributed by atoms with Crippen molar-refractivity contribution < 1.29 is 4.79 Å². The molecule has 5 rings (SSSR count). The van der Waals surface area contributed by atoms with E-state index >= 15 is 0 Å². The molecular weight excluding hydrogens is 400 g/mol. The molecule has 2 aliphatic rings. The third-order valence-electron chi connectivity index (χ3n) is 6.24. The first kappa shape index (κ1) is 20.3. The molecule has 4 heterocycles. The smallest absolute Gasteiger partial charge is 0.253 e. The highest BCUT2D eigenvalue weighted by Crippen LogP contribution is 2.29. The van der Waals surface area contributed by atoms with Gasteiger partial charge in [-0.2, -0.15) is 5.26 Å². The van der Waals surface area contributed by atoms with Crippen molar-refractivity contribution in [1.82, 2.24) is 20.2 Å². The van der Waals surface area contributed by atoms with Gasteiger partial charge in [0.1, 0.15) is 11.9 Å². The second-order valence-corrected chi connectivity index (χ2v) is 8.30. The summed E-state index contributed by atoms with van der Waals surface area (Å²) in [4.78, 5) is 24.7. The number of carbonyl (C=O) groups is 1. The lowest BCUT2D eigenvalue weighted by Gasteiger charge is -2.28. The van der Waals surface area contributed by atoms with E-state index < -0.39 is 0 Å². The van der Waals surface area contributed by atoms with Crippen LogP contribution in [0.5, 0.6) is 0 Å². The van der Waals surface area contributed by atoms with Crippen molar-refractivity contribution in [2.24, 2.45) is 0 Å². The number of aromatic nitrogens is 2. The quantitative estimate of drug-likeness (QED) is 0.669. The standard InChI is InChI=1S/C25H26N6O/c26-17-21-16-23(29-24(21)30-13-9-27-10-14-30)20-7-8-28-22(15-20)18-3-5-19(6-4-18)25(32)31-11-1-2-12-31/h3-8,15-16,27,29H,1-2,9-14H2. The predicted octanol–water partition coefficient (Wildman–Crippen LogP) is 3.26. The zero-order valence-corrected chi connectivity index (χ0v) is 18.0. The van der Waals surface area contributed by atoms with Crippen molar-refractivity contribution in [3.63, 3.8) is 0 Å². The van der Waals surface area contributed by atoms with Crippen LogP contribution in [0, 0.1) is 11.3 Å². The number of anilines is 1. The second kappa shape index (κ2) is 8.85. The molecule has 0 radical (unpaired) electrons. The average Bonchev–Trinajstić information content (AvgIpc) is 3.55. The maximum atomic E-state index is 12.6. The number of carbonyl (C=O) groups excluding carboxylic acids is 1. The molecule has 0 aliphatic carbocycles. The molecular formula is C25H26N6O. The van der Waals surface area contributed by atoms with Gasteiger partial charge >= 0.3 is 0 Å². The van der Waals surface area contributed by atoms with Crippen LogP contribution in [0.4, 0.5) is 5.82 Å². The number of nitrogens with zero attached hydrogens (tertiary/aromatic N) is 4. The van der Waals surface area contributed by atoms with Crippen LogP contribution in [0.1, 0.15) is 28.8 Å². The van der Waals surface area contributed by atoms with Crippen LogP contribution in [-0.4, -0.2) is 60.0 Å². The Labute approximate surface area is 187 Å². The van der Waals surface area contributed by atoms with Crippen LogP contribution in [0.2, 0.25) is 0 Å². The molecule has 3 aromatic rings. The maximum Gasteiger partial charge on any atom is 0.253 e. The van der Waals surface area contributed by atoms with Crippen molar-refractivity contribution in [3.8, 4) is 28.6 Å². The highest BCUT2D eigenvalue weighted by molar-refractivity contribution is 5.94. The molecule has 162 valence electrons. The van der Waals surface area contributed by atoms with Gasteiger partial charge in [0, 0.05) is 67.8 Å². The highest BCUT2D eigenvalue weighted by Gasteiger charge is 2.20. The molecule has 2 saturated heterocycles. The number of piperazine rings is 1. The van der Waals surface area contributed by atoms with Gasteiger partial charge in [0.25, 0.3) is 5.91 Å². The molecule has 2 N–H and O–H groups in total. The van der Waals surface area contributed by atoms with E-state index in [1.807, 2.05) is 47.4 Å². The van der Waals surface area contributed by atoms with Crippen LogP contribution in [-0.2, 0) is 0 Å². The van der Waals surface area contributed by atoms with Gasteiger partial charge in [0.05, 0.1) is 11.3 Å². The Balaban J connectivity index is 1.40. The number of H-pyrrole nitrogens is 1. The molecule has 7 nitrogen and oxygen atoms in total. The van der Waals surface area contributed by atoms with E-state index in [0.29, 0.717) is 5.56 Å². The van der Waals surface area contributed by atoms with Gasteiger partial charge in [0.2, 0.25) is 0 Å². The molecule has 32 heavy (non-hydrogen) atoms. The first-order valence-corrected chi connectivity index (χ1v) is 11.2. The number of aromatic amines is 1. The lowest BCUT2D eigenvalue weighted by molar-refractivity contribution is 0.0793. The van der Waals surface area contributed by atoms with E-state index in [2.05, 4.69) is 26.3 Å². The Bertz CT molecular complexity index is 1150. The van der Waals surface area contributed by atoms with Gasteiger partial charge in [0.15, 0.2) is 0 Å². The number of pyridine rings is 1. The van der Waals surface area contributed by atoms with Crippen LogP contribution in [0.25, 0.3) is 22.5 Å². The van der Waals surface area contributed by atoms with Crippen molar-refractivity contribution in [2.45, 2.75) is 12.8 Å². The molecule has 0 unspecified atom stereocenters. The SMILES string of the molecule is N#Cc1cc(-c2ccnc(-c3ccc(C(=O)N4CCCC4)cc3)c2)[nH]c1N1CCNCC1. The van der Waals surface area contributed by atoms with Crippen molar-refractivity contribution in [3.05, 3.63) is 59.8 Å². The fraction of sp³-hybridized carbons (Fsp3) is 0.320. The number of nitrogens with one attached hydrogen (secondary N) is 2. The van der Waals surface area contributed by atoms with Gasteiger partial charge in [-0.05, 0) is 43.2 Å². The molecule has 0 saturated carbocycles. The second-order valence-electron chi connectivity index (χ2n) is 8.30. The van der Waals surface area contributed by atoms with Crippen molar-refractivity contribution in [1.29, 1.82) is 5.26 Å². The van der Waals surface area contributed by atoms with E-state index in [0.717, 1.165) is 86.0 Å². The van der Waals surface area contributed by atoms with E-state index in [-0.39, 0.29) is 5.91 Å². The summed E-state index contributed by atoms with van der Waals surface area (Å²) in [5.74, 6) is 0.985. The van der Waals surface area contributed by atoms with E-state index in [9.17, 15) is 10.1 Å². The highest BCUT2D eigenvalue weighted by atomic mass is 16.2. The molecule has 1 aromatic carbocycles. The van der Waals surface area contributed by atoms with Gasteiger partial charge in [-0.1, -0.05) is 12.1 Å². The van der Waals surface area contributed by atoms with Gasteiger partial charge < -0.3 is 20.1 Å². The Morgan fingerprint density at radius 2 is 1.72 bits per heavy atom. The Morgan fingerprint density at radius 1 is 0.969 bits per heavy atom. The monoisotopic (exact) mass is 426 g/mol. The van der Waals surface area contributed by atoms with Crippen LogP contribution < -0.4 is 10.2 Å². The van der Waals surface area contributed by atoms with Crippen LogP contribution in [0.3, 0.4) is 0 Å². The normalized spacial score (nSPS) is 16.2. The minimum Gasteiger partial charge on any atom is -0.355 e. The van der Waals surface area contributed by atoms with Gasteiger partial charge in [-0.25, -0.2) is 0 Å². The summed E-state index contributed by atoms with van der Waals surface area (Å²) in [6.07, 6.45) is 3.96. The molecule has 0 bridgehead atoms. The first-order valence-electron chi connectivity index (χ1n) is 11.2. The third kappa shape index (κ3) is 3.97. The molecule has 2 aliphatic heterocycles. The number of likely N-dealkylation sites (tertiary alicyclic amines) is 1. The van der Waals surface area contributed by atoms with Gasteiger partial charge in [-0.15, -0.1) is 0 Å². The fourth-order valence-corrected chi connectivity index (χ4v) is 4.46. The minimum absolute atomic E-state index is 0.103. The van der Waals surface area contributed by atoms with Crippen LogP contribution in [0.15, 0.2) is 48.7 Å². The summed E-state index contributed by atoms with van der Waals surface area (Å²) in [6.45, 7) is 5.27. The summed E-state index contributed by atoms with van der Waals surface area (Å²) in [5, 5.41) is 13.0. The number of hydrogen-bond acceptors (Lipinski definition) is 5. The Hall–Kier alpha value is -3.63. The van der Waals surface area contributed by atoms with E-state index in [1.165, 1.54) is 0 Å². The lowest BCUT2D eigenvalue weighted by Crippen LogP contribution is -2.44. The number of benzene rings is 1. The van der Waals surface area contributed by atoms with Crippen molar-refractivity contribution in [2.75, 3.05) is 44.2 Å². The Kier molecular flexibility index (Phi) is 5.61. The molecule has 0 spiro atoms. The van der Waals surface area contributed by atoms with Crippen molar-refractivity contribution >= 4 is 11.7 Å². The largest absolute Gasteiger partial charge is 0.355 e. The number of hydrogen-bond donors (Lipinski definition) is 2. The average molecular weight is 427 g/mol. The predicted molar refractivity (Wildman–Crippen MR) is 124 cm³/mol. The topological polar surface area (TPSA) is 88.0 Å². The summed E-state index contributed by atoms with van der Waals surface area (Å²) >= 11 is 0. The molecule has 2 aromatic heterocycles. The molecule has 1 amide bonds. The van der Waals surface area contributed by atoms with Crippen LogP contribution >= 0.6 is 0 Å². The number of amides is 1. The Morgan fingerprint density at radius 3 is 2.44 bits per heavy atom. The first-order chi connectivity index (χ1) is 15.7. The molecule has 7 heteroatoms. The summed E-state index contributed by atoms with van der Waals surface area (Å²) in [5.41, 5.74) is 5.05. The third-order valence-corrected chi connectivity index (χ3v) is 6.24. The minimum atomic E-state index is 0.103. The number of rotatable bonds is 4. The number of nitriles is 1.